The number of hydrogen-bond donors (Lipinski definition) is 2. The van der Waals surface area contributed by atoms with Crippen molar-refractivity contribution in [3.8, 4) is 0 Å². The normalized spacial score (nSPS) is 17.3. The lowest BCUT2D eigenvalue weighted by molar-refractivity contribution is -0.132. The average molecular weight is 380 g/mol. The van der Waals surface area contributed by atoms with Gasteiger partial charge in [-0.15, -0.1) is 0 Å². The predicted molar refractivity (Wildman–Crippen MR) is 109 cm³/mol. The van der Waals surface area contributed by atoms with E-state index in [1.54, 1.807) is 0 Å². The third-order valence-corrected chi connectivity index (χ3v) is 5.25. The molecule has 0 saturated carbocycles. The number of nitrogens with zero attached hydrogens (tertiary/aromatic N) is 1. The van der Waals surface area contributed by atoms with Gasteiger partial charge < -0.3 is 15.3 Å². The van der Waals surface area contributed by atoms with Crippen molar-refractivity contribution in [3.05, 3.63) is 71.8 Å². The molecule has 1 heterocycles. The van der Waals surface area contributed by atoms with Crippen LogP contribution in [0.2, 0.25) is 0 Å². The Kier molecular flexibility index (Phi) is 7.20. The molecule has 1 aliphatic heterocycles. The van der Waals surface area contributed by atoms with Crippen molar-refractivity contribution < 1.29 is 14.7 Å². The molecule has 0 spiro atoms. The summed E-state index contributed by atoms with van der Waals surface area (Å²) in [7, 11) is 0. The molecule has 0 aliphatic carbocycles. The van der Waals surface area contributed by atoms with Gasteiger partial charge in [-0.05, 0) is 30.4 Å². The summed E-state index contributed by atoms with van der Waals surface area (Å²) in [6, 6.07) is 19.2. The molecular formula is C23H28N2O3. The molecule has 5 nitrogen and oxygen atoms in total. The van der Waals surface area contributed by atoms with Gasteiger partial charge in [0.15, 0.2) is 0 Å². The molecule has 2 aromatic carbocycles. The Labute approximate surface area is 166 Å². The largest absolute Gasteiger partial charge is 0.388 e. The zero-order chi connectivity index (χ0) is 19.8. The van der Waals surface area contributed by atoms with E-state index in [1.807, 2.05) is 65.6 Å². The van der Waals surface area contributed by atoms with Crippen molar-refractivity contribution in [1.29, 1.82) is 0 Å². The van der Waals surface area contributed by atoms with E-state index >= 15 is 0 Å². The molecule has 0 aromatic heterocycles. The number of carbonyl (C=O) groups excluding carboxylic acids is 2. The van der Waals surface area contributed by atoms with Crippen LogP contribution in [-0.2, 0) is 16.0 Å². The van der Waals surface area contributed by atoms with Crippen LogP contribution in [0, 0.1) is 0 Å². The van der Waals surface area contributed by atoms with Crippen LogP contribution in [0.5, 0.6) is 0 Å². The van der Waals surface area contributed by atoms with Gasteiger partial charge in [0.05, 0.1) is 12.5 Å². The molecule has 5 heteroatoms. The maximum Gasteiger partial charge on any atom is 0.224 e. The number of carbonyl (C=O) groups is 2. The third-order valence-electron chi connectivity index (χ3n) is 5.25. The first-order valence-corrected chi connectivity index (χ1v) is 9.96. The van der Waals surface area contributed by atoms with Gasteiger partial charge in [0, 0.05) is 25.6 Å². The fraction of sp³-hybridized carbons (Fsp3) is 0.391. The van der Waals surface area contributed by atoms with E-state index in [1.165, 1.54) is 0 Å². The van der Waals surface area contributed by atoms with Crippen molar-refractivity contribution >= 4 is 11.8 Å². The molecular weight excluding hydrogens is 352 g/mol. The maximum atomic E-state index is 12.6. The number of nitrogens with one attached hydrogen (secondary N) is 1. The lowest BCUT2D eigenvalue weighted by Crippen LogP contribution is -2.38. The van der Waals surface area contributed by atoms with Gasteiger partial charge in [-0.25, -0.2) is 0 Å². The molecule has 2 unspecified atom stereocenters. The van der Waals surface area contributed by atoms with E-state index in [9.17, 15) is 14.7 Å². The van der Waals surface area contributed by atoms with E-state index < -0.39 is 6.10 Å². The zero-order valence-corrected chi connectivity index (χ0v) is 16.1. The highest BCUT2D eigenvalue weighted by Gasteiger charge is 2.30. The van der Waals surface area contributed by atoms with Gasteiger partial charge in [0.25, 0.3) is 0 Å². The zero-order valence-electron chi connectivity index (χ0n) is 16.1. The van der Waals surface area contributed by atoms with Gasteiger partial charge >= 0.3 is 0 Å². The van der Waals surface area contributed by atoms with Crippen molar-refractivity contribution in [2.24, 2.45) is 0 Å². The van der Waals surface area contributed by atoms with Crippen molar-refractivity contribution in [2.75, 3.05) is 13.1 Å². The second kappa shape index (κ2) is 10.0. The molecule has 28 heavy (non-hydrogen) atoms. The standard InChI is InChI=1S/C23H28N2O3/c26-21(19-10-5-2-6-11-19)17-20-12-7-15-25(20)23(28)13-14-24-22(27)16-18-8-3-1-4-9-18/h1-6,8-11,20-21,26H,7,12-17H2,(H,24,27). The smallest absolute Gasteiger partial charge is 0.224 e. The highest BCUT2D eigenvalue weighted by Crippen LogP contribution is 2.27. The van der Waals surface area contributed by atoms with Gasteiger partial charge in [-0.1, -0.05) is 60.7 Å². The Bertz CT molecular complexity index is 764. The number of benzene rings is 2. The SMILES string of the molecule is O=C(Cc1ccccc1)NCCC(=O)N1CCCC1CC(O)c1ccccc1. The van der Waals surface area contributed by atoms with E-state index in [2.05, 4.69) is 5.32 Å². The molecule has 0 radical (unpaired) electrons. The number of rotatable bonds is 8. The fourth-order valence-corrected chi connectivity index (χ4v) is 3.77. The summed E-state index contributed by atoms with van der Waals surface area (Å²) in [5.41, 5.74) is 1.84. The molecule has 2 amide bonds. The highest BCUT2D eigenvalue weighted by molar-refractivity contribution is 5.80. The van der Waals surface area contributed by atoms with E-state index in [0.717, 1.165) is 30.5 Å². The van der Waals surface area contributed by atoms with E-state index in [0.29, 0.717) is 25.8 Å². The van der Waals surface area contributed by atoms with Gasteiger partial charge in [0.1, 0.15) is 0 Å². The molecule has 1 aliphatic rings. The number of likely N-dealkylation sites (tertiary alicyclic amines) is 1. The minimum atomic E-state index is -0.565. The molecule has 0 bridgehead atoms. The van der Waals surface area contributed by atoms with E-state index in [4.69, 9.17) is 0 Å². The Morgan fingerprint density at radius 2 is 1.75 bits per heavy atom. The van der Waals surface area contributed by atoms with Crippen LogP contribution in [0.15, 0.2) is 60.7 Å². The lowest BCUT2D eigenvalue weighted by atomic mass is 10.0. The van der Waals surface area contributed by atoms with Crippen LogP contribution in [0.1, 0.15) is 42.9 Å². The summed E-state index contributed by atoms with van der Waals surface area (Å²) in [6.45, 7) is 1.07. The minimum absolute atomic E-state index is 0.0442. The average Bonchev–Trinajstić information content (AvgIpc) is 3.17. The first-order valence-electron chi connectivity index (χ1n) is 9.96. The Balaban J connectivity index is 1.43. The molecule has 2 aromatic rings. The Morgan fingerprint density at radius 3 is 2.46 bits per heavy atom. The second-order valence-corrected chi connectivity index (χ2v) is 7.31. The van der Waals surface area contributed by atoms with Crippen LogP contribution in [-0.4, -0.2) is 41.0 Å². The lowest BCUT2D eigenvalue weighted by Gasteiger charge is -2.27. The summed E-state index contributed by atoms with van der Waals surface area (Å²) in [6.07, 6.45) is 2.47. The van der Waals surface area contributed by atoms with Crippen molar-refractivity contribution in [2.45, 2.75) is 44.2 Å². The predicted octanol–water partition coefficient (Wildman–Crippen LogP) is 2.85. The topological polar surface area (TPSA) is 69.6 Å². The van der Waals surface area contributed by atoms with Gasteiger partial charge in [-0.3, -0.25) is 9.59 Å². The summed E-state index contributed by atoms with van der Waals surface area (Å²) in [5.74, 6) is -0.0285. The first kappa shape index (κ1) is 20.1. The van der Waals surface area contributed by atoms with Crippen LogP contribution in [0.25, 0.3) is 0 Å². The van der Waals surface area contributed by atoms with E-state index in [-0.39, 0.29) is 17.9 Å². The van der Waals surface area contributed by atoms with Crippen molar-refractivity contribution in [1.82, 2.24) is 10.2 Å². The number of aliphatic hydroxyl groups excluding tert-OH is 1. The van der Waals surface area contributed by atoms with Crippen LogP contribution < -0.4 is 5.32 Å². The number of amides is 2. The number of aliphatic hydroxyl groups is 1. The third kappa shape index (κ3) is 5.67. The van der Waals surface area contributed by atoms with Crippen molar-refractivity contribution in [3.63, 3.8) is 0 Å². The second-order valence-electron chi connectivity index (χ2n) is 7.31. The molecule has 2 atom stereocenters. The summed E-state index contributed by atoms with van der Waals surface area (Å²) in [4.78, 5) is 26.5. The van der Waals surface area contributed by atoms with Gasteiger partial charge in [-0.2, -0.15) is 0 Å². The molecule has 148 valence electrons. The number of hydrogen-bond acceptors (Lipinski definition) is 3. The monoisotopic (exact) mass is 380 g/mol. The Morgan fingerprint density at radius 1 is 1.07 bits per heavy atom. The summed E-state index contributed by atoms with van der Waals surface area (Å²) >= 11 is 0. The molecule has 2 N–H and O–H groups in total. The Hall–Kier alpha value is -2.66. The summed E-state index contributed by atoms with van der Waals surface area (Å²) < 4.78 is 0. The quantitative estimate of drug-likeness (QED) is 0.740. The van der Waals surface area contributed by atoms with Crippen LogP contribution >= 0.6 is 0 Å². The maximum absolute atomic E-state index is 12.6. The fourth-order valence-electron chi connectivity index (χ4n) is 3.77. The van der Waals surface area contributed by atoms with Gasteiger partial charge in [0.2, 0.25) is 11.8 Å². The highest BCUT2D eigenvalue weighted by atomic mass is 16.3. The molecule has 1 saturated heterocycles. The first-order chi connectivity index (χ1) is 13.6. The molecule has 1 fully saturated rings. The molecule has 3 rings (SSSR count). The minimum Gasteiger partial charge on any atom is -0.388 e. The van der Waals surface area contributed by atoms with Crippen LogP contribution in [0.3, 0.4) is 0 Å². The summed E-state index contributed by atoms with van der Waals surface area (Å²) in [5, 5.41) is 13.3. The van der Waals surface area contributed by atoms with Crippen LogP contribution in [0.4, 0.5) is 0 Å².